The second-order valence-corrected chi connectivity index (χ2v) is 7.77. The Morgan fingerprint density at radius 1 is 0.900 bits per heavy atom. The number of hydrogen-bond donors (Lipinski definition) is 0. The number of rotatable bonds is 3. The SMILES string of the molecule is c1ccc([C@H]2CCc3nc4ccc(-c5cnc(N6CCOCC6)nc5)nc4n32)cc1. The van der Waals surface area contributed by atoms with E-state index in [4.69, 9.17) is 14.7 Å². The minimum atomic E-state index is 0.286. The van der Waals surface area contributed by atoms with E-state index >= 15 is 0 Å². The summed E-state index contributed by atoms with van der Waals surface area (Å²) in [4.78, 5) is 21.1. The lowest BCUT2D eigenvalue weighted by Crippen LogP contribution is -2.37. The molecule has 4 aromatic rings. The molecule has 6 rings (SSSR count). The molecule has 0 spiro atoms. The summed E-state index contributed by atoms with van der Waals surface area (Å²) in [5.41, 5.74) is 4.98. The quantitative estimate of drug-likeness (QED) is 0.528. The van der Waals surface area contributed by atoms with Crippen LogP contribution in [-0.2, 0) is 11.2 Å². The highest BCUT2D eigenvalue weighted by Gasteiger charge is 2.28. The summed E-state index contributed by atoms with van der Waals surface area (Å²) in [5, 5.41) is 0. The average Bonchev–Trinajstić information content (AvgIpc) is 3.39. The molecule has 0 saturated carbocycles. The third-order valence-electron chi connectivity index (χ3n) is 5.98. The molecule has 1 saturated heterocycles. The Balaban J connectivity index is 1.36. The van der Waals surface area contributed by atoms with Crippen molar-refractivity contribution >= 4 is 17.1 Å². The standard InChI is InChI=1S/C23H22N6O/c1-2-4-16(5-3-1)20-8-9-21-26-19-7-6-18(27-22(19)29(20)21)17-14-24-23(25-15-17)28-10-12-30-13-11-28/h1-7,14-15,20H,8-13H2/t20-/m1/s1. The van der Waals surface area contributed by atoms with Gasteiger partial charge >= 0.3 is 0 Å². The van der Waals surface area contributed by atoms with Gasteiger partial charge in [0.15, 0.2) is 5.65 Å². The summed E-state index contributed by atoms with van der Waals surface area (Å²) >= 11 is 0. The number of pyridine rings is 1. The third kappa shape index (κ3) is 2.93. The van der Waals surface area contributed by atoms with Crippen LogP contribution in [0.15, 0.2) is 54.9 Å². The van der Waals surface area contributed by atoms with Gasteiger partial charge in [-0.1, -0.05) is 30.3 Å². The van der Waals surface area contributed by atoms with Crippen LogP contribution in [0.3, 0.4) is 0 Å². The molecule has 150 valence electrons. The van der Waals surface area contributed by atoms with Crippen molar-refractivity contribution in [1.29, 1.82) is 0 Å². The van der Waals surface area contributed by atoms with Crippen LogP contribution in [0.1, 0.15) is 23.9 Å². The fraction of sp³-hybridized carbons (Fsp3) is 0.304. The first-order valence-corrected chi connectivity index (χ1v) is 10.4. The van der Waals surface area contributed by atoms with Gasteiger partial charge in [-0.25, -0.2) is 19.9 Å². The van der Waals surface area contributed by atoms with Crippen LogP contribution in [0.4, 0.5) is 5.95 Å². The van der Waals surface area contributed by atoms with Gasteiger partial charge in [0.25, 0.3) is 0 Å². The molecule has 0 unspecified atom stereocenters. The number of morpholine rings is 1. The van der Waals surface area contributed by atoms with Crippen molar-refractivity contribution in [2.24, 2.45) is 0 Å². The maximum Gasteiger partial charge on any atom is 0.225 e. The zero-order valence-electron chi connectivity index (χ0n) is 16.6. The summed E-state index contributed by atoms with van der Waals surface area (Å²) in [6.45, 7) is 3.09. The summed E-state index contributed by atoms with van der Waals surface area (Å²) in [6.07, 6.45) is 5.76. The van der Waals surface area contributed by atoms with E-state index in [0.717, 1.165) is 73.3 Å². The summed E-state index contributed by atoms with van der Waals surface area (Å²) < 4.78 is 7.71. The largest absolute Gasteiger partial charge is 0.378 e. The van der Waals surface area contributed by atoms with Gasteiger partial charge in [0.05, 0.1) is 24.9 Å². The predicted octanol–water partition coefficient (Wildman–Crippen LogP) is 3.26. The lowest BCUT2D eigenvalue weighted by Gasteiger charge is -2.26. The number of anilines is 1. The van der Waals surface area contributed by atoms with Crippen molar-refractivity contribution in [2.45, 2.75) is 18.9 Å². The topological polar surface area (TPSA) is 69.0 Å². The van der Waals surface area contributed by atoms with E-state index in [1.807, 2.05) is 18.5 Å². The van der Waals surface area contributed by atoms with Gasteiger partial charge in [0.1, 0.15) is 11.3 Å². The Labute approximate surface area is 174 Å². The number of nitrogens with zero attached hydrogens (tertiary/aromatic N) is 6. The lowest BCUT2D eigenvalue weighted by atomic mass is 10.0. The van der Waals surface area contributed by atoms with Crippen LogP contribution < -0.4 is 4.90 Å². The monoisotopic (exact) mass is 398 g/mol. The van der Waals surface area contributed by atoms with E-state index in [0.29, 0.717) is 0 Å². The Hall–Kier alpha value is -3.32. The minimum absolute atomic E-state index is 0.286. The Kier molecular flexibility index (Phi) is 4.19. The highest BCUT2D eigenvalue weighted by molar-refractivity contribution is 5.76. The maximum absolute atomic E-state index is 5.41. The van der Waals surface area contributed by atoms with Crippen molar-refractivity contribution < 1.29 is 4.74 Å². The van der Waals surface area contributed by atoms with E-state index in [1.165, 1.54) is 5.56 Å². The van der Waals surface area contributed by atoms with Crippen LogP contribution in [0.2, 0.25) is 0 Å². The first-order valence-electron chi connectivity index (χ1n) is 10.4. The van der Waals surface area contributed by atoms with Gasteiger partial charge in [0, 0.05) is 37.5 Å². The second kappa shape index (κ2) is 7.18. The molecule has 1 fully saturated rings. The van der Waals surface area contributed by atoms with E-state index < -0.39 is 0 Å². The Bertz CT molecular complexity index is 1180. The fourth-order valence-corrected chi connectivity index (χ4v) is 4.45. The number of fused-ring (bicyclic) bond motifs is 3. The fourth-order valence-electron chi connectivity index (χ4n) is 4.45. The van der Waals surface area contributed by atoms with Crippen LogP contribution in [0.5, 0.6) is 0 Å². The molecule has 5 heterocycles. The van der Waals surface area contributed by atoms with Crippen molar-refractivity contribution in [3.8, 4) is 11.3 Å². The molecule has 0 aliphatic carbocycles. The third-order valence-corrected chi connectivity index (χ3v) is 5.98. The van der Waals surface area contributed by atoms with Crippen LogP contribution >= 0.6 is 0 Å². The lowest BCUT2D eigenvalue weighted by molar-refractivity contribution is 0.122. The predicted molar refractivity (Wildman–Crippen MR) is 114 cm³/mol. The van der Waals surface area contributed by atoms with Crippen molar-refractivity contribution in [3.05, 3.63) is 66.2 Å². The van der Waals surface area contributed by atoms with E-state index in [-0.39, 0.29) is 6.04 Å². The number of ether oxygens (including phenoxy) is 1. The van der Waals surface area contributed by atoms with Gasteiger partial charge in [-0.2, -0.15) is 0 Å². The van der Waals surface area contributed by atoms with E-state index in [9.17, 15) is 0 Å². The minimum Gasteiger partial charge on any atom is -0.378 e. The molecule has 1 atom stereocenters. The summed E-state index contributed by atoms with van der Waals surface area (Å²) in [5.74, 6) is 1.86. The molecule has 0 radical (unpaired) electrons. The van der Waals surface area contributed by atoms with Crippen LogP contribution in [-0.4, -0.2) is 50.8 Å². The van der Waals surface area contributed by atoms with Crippen LogP contribution in [0, 0.1) is 0 Å². The van der Waals surface area contributed by atoms with Gasteiger partial charge < -0.3 is 14.2 Å². The molecule has 1 aromatic carbocycles. The maximum atomic E-state index is 5.41. The highest BCUT2D eigenvalue weighted by atomic mass is 16.5. The second-order valence-electron chi connectivity index (χ2n) is 7.77. The zero-order valence-corrected chi connectivity index (χ0v) is 16.6. The van der Waals surface area contributed by atoms with Crippen molar-refractivity contribution in [1.82, 2.24) is 24.5 Å². The first-order chi connectivity index (χ1) is 14.9. The van der Waals surface area contributed by atoms with Crippen LogP contribution in [0.25, 0.3) is 22.4 Å². The van der Waals surface area contributed by atoms with E-state index in [1.54, 1.807) is 0 Å². The molecule has 2 aliphatic rings. The molecular formula is C23H22N6O. The molecule has 2 aliphatic heterocycles. The first kappa shape index (κ1) is 17.5. The summed E-state index contributed by atoms with van der Waals surface area (Å²) in [7, 11) is 0. The molecule has 7 heteroatoms. The number of benzene rings is 1. The highest BCUT2D eigenvalue weighted by Crippen LogP contribution is 2.35. The van der Waals surface area contributed by atoms with Gasteiger partial charge in [-0.05, 0) is 24.1 Å². The van der Waals surface area contributed by atoms with Gasteiger partial charge in [-0.15, -0.1) is 0 Å². The number of hydrogen-bond acceptors (Lipinski definition) is 6. The zero-order chi connectivity index (χ0) is 19.9. The number of aryl methyl sites for hydroxylation is 1. The number of imidazole rings is 1. The normalized spacial score (nSPS) is 18.7. The Morgan fingerprint density at radius 2 is 1.70 bits per heavy atom. The van der Waals surface area contributed by atoms with Gasteiger partial charge in [-0.3, -0.25) is 0 Å². The summed E-state index contributed by atoms with van der Waals surface area (Å²) in [6, 6.07) is 15.0. The smallest absolute Gasteiger partial charge is 0.225 e. The molecule has 0 N–H and O–H groups in total. The average molecular weight is 398 g/mol. The van der Waals surface area contributed by atoms with Crippen molar-refractivity contribution in [2.75, 3.05) is 31.2 Å². The van der Waals surface area contributed by atoms with Crippen molar-refractivity contribution in [3.63, 3.8) is 0 Å². The molecular weight excluding hydrogens is 376 g/mol. The molecule has 3 aromatic heterocycles. The molecule has 7 nitrogen and oxygen atoms in total. The van der Waals surface area contributed by atoms with E-state index in [2.05, 4.69) is 55.8 Å². The molecule has 0 amide bonds. The molecule has 0 bridgehead atoms. The molecule has 30 heavy (non-hydrogen) atoms. The van der Waals surface area contributed by atoms with Gasteiger partial charge in [0.2, 0.25) is 5.95 Å². The Morgan fingerprint density at radius 3 is 2.50 bits per heavy atom. The number of aromatic nitrogens is 5.